The van der Waals surface area contributed by atoms with Crippen LogP contribution in [0.3, 0.4) is 0 Å². The summed E-state index contributed by atoms with van der Waals surface area (Å²) in [6.07, 6.45) is 0. The highest BCUT2D eigenvalue weighted by Crippen LogP contribution is 2.25. The Morgan fingerprint density at radius 3 is 2.63 bits per heavy atom. The Balaban J connectivity index is 1.88. The molecule has 2 rings (SSSR count). The van der Waals surface area contributed by atoms with E-state index in [-0.39, 0.29) is 5.82 Å². The third kappa shape index (κ3) is 4.40. The molecule has 1 aromatic heterocycles. The van der Waals surface area contributed by atoms with Crippen molar-refractivity contribution in [2.24, 2.45) is 0 Å². The Bertz CT molecular complexity index is 524. The van der Waals surface area contributed by atoms with Crippen molar-refractivity contribution in [3.05, 3.63) is 53.7 Å². The smallest absolute Gasteiger partial charge is 0.136 e. The molecule has 0 radical (unpaired) electrons. The van der Waals surface area contributed by atoms with Crippen molar-refractivity contribution < 1.29 is 8.81 Å². The summed E-state index contributed by atoms with van der Waals surface area (Å²) < 4.78 is 19.1. The van der Waals surface area contributed by atoms with E-state index in [0.29, 0.717) is 16.7 Å². The van der Waals surface area contributed by atoms with Gasteiger partial charge in [0.15, 0.2) is 0 Å². The number of hydrogen-bond acceptors (Lipinski definition) is 3. The summed E-state index contributed by atoms with van der Waals surface area (Å²) in [5.74, 6) is 2.25. The highest BCUT2D eigenvalue weighted by molar-refractivity contribution is 7.98. The van der Waals surface area contributed by atoms with E-state index in [1.54, 1.807) is 12.1 Å². The van der Waals surface area contributed by atoms with Gasteiger partial charge >= 0.3 is 0 Å². The van der Waals surface area contributed by atoms with Crippen molar-refractivity contribution in [1.29, 1.82) is 0 Å². The normalized spacial score (nSPS) is 11.2. The van der Waals surface area contributed by atoms with E-state index in [0.717, 1.165) is 18.1 Å². The minimum atomic E-state index is -0.180. The number of nitrogens with one attached hydrogen (secondary N) is 1. The summed E-state index contributed by atoms with van der Waals surface area (Å²) in [4.78, 5) is 0.653. The van der Waals surface area contributed by atoms with E-state index < -0.39 is 0 Å². The van der Waals surface area contributed by atoms with Crippen LogP contribution in [-0.2, 0) is 12.3 Å². The second kappa shape index (κ2) is 6.78. The Morgan fingerprint density at radius 2 is 1.89 bits per heavy atom. The fraction of sp³-hybridized carbons (Fsp3) is 0.333. The van der Waals surface area contributed by atoms with Crippen molar-refractivity contribution in [2.75, 3.05) is 0 Å². The predicted molar refractivity (Wildman–Crippen MR) is 76.6 cm³/mol. The van der Waals surface area contributed by atoms with Gasteiger partial charge in [0.2, 0.25) is 0 Å². The standard InChI is InChI=1S/C15H18FNOS/c1-11(2)17-9-12-7-8-13(18-12)10-19-15-6-4-3-5-14(15)16/h3-8,11,17H,9-10H2,1-2H3. The fourth-order valence-corrected chi connectivity index (χ4v) is 2.44. The van der Waals surface area contributed by atoms with E-state index in [4.69, 9.17) is 4.42 Å². The second-order valence-electron chi connectivity index (χ2n) is 4.62. The van der Waals surface area contributed by atoms with E-state index in [1.165, 1.54) is 17.8 Å². The van der Waals surface area contributed by atoms with Crippen molar-refractivity contribution in [1.82, 2.24) is 5.32 Å². The minimum absolute atomic E-state index is 0.180. The molecular weight excluding hydrogens is 261 g/mol. The zero-order valence-electron chi connectivity index (χ0n) is 11.2. The van der Waals surface area contributed by atoms with Crippen LogP contribution in [0, 0.1) is 5.82 Å². The fourth-order valence-electron chi connectivity index (χ4n) is 1.61. The van der Waals surface area contributed by atoms with Crippen molar-refractivity contribution in [2.45, 2.75) is 37.1 Å². The summed E-state index contributed by atoms with van der Waals surface area (Å²) in [6.45, 7) is 4.91. The van der Waals surface area contributed by atoms with Crippen LogP contribution in [0.2, 0.25) is 0 Å². The first-order valence-corrected chi connectivity index (χ1v) is 7.32. The van der Waals surface area contributed by atoms with Gasteiger partial charge in [0.1, 0.15) is 17.3 Å². The zero-order chi connectivity index (χ0) is 13.7. The number of furan rings is 1. The molecule has 19 heavy (non-hydrogen) atoms. The van der Waals surface area contributed by atoms with Gasteiger partial charge in [-0.25, -0.2) is 4.39 Å². The summed E-state index contributed by atoms with van der Waals surface area (Å²) in [7, 11) is 0. The summed E-state index contributed by atoms with van der Waals surface area (Å²) in [6, 6.07) is 11.1. The van der Waals surface area contributed by atoms with Gasteiger partial charge in [0.05, 0.1) is 12.3 Å². The molecule has 0 saturated heterocycles. The molecule has 0 bridgehead atoms. The molecule has 0 fully saturated rings. The van der Waals surface area contributed by atoms with Crippen LogP contribution in [0.4, 0.5) is 4.39 Å². The van der Waals surface area contributed by atoms with E-state index in [9.17, 15) is 4.39 Å². The molecule has 0 aliphatic carbocycles. The molecule has 0 spiro atoms. The van der Waals surface area contributed by atoms with Crippen LogP contribution in [0.25, 0.3) is 0 Å². The quantitative estimate of drug-likeness (QED) is 0.802. The Labute approximate surface area is 117 Å². The molecule has 0 aliphatic heterocycles. The van der Waals surface area contributed by atoms with Gasteiger partial charge in [-0.15, -0.1) is 11.8 Å². The Kier molecular flexibility index (Phi) is 5.05. The van der Waals surface area contributed by atoms with E-state index in [1.807, 2.05) is 18.2 Å². The van der Waals surface area contributed by atoms with Crippen LogP contribution in [-0.4, -0.2) is 6.04 Å². The predicted octanol–water partition coefficient (Wildman–Crippen LogP) is 4.21. The average Bonchev–Trinajstić information content (AvgIpc) is 2.83. The minimum Gasteiger partial charge on any atom is -0.464 e. The first kappa shape index (κ1) is 14.2. The summed E-state index contributed by atoms with van der Waals surface area (Å²) in [5.41, 5.74) is 0. The number of benzene rings is 1. The van der Waals surface area contributed by atoms with Crippen molar-refractivity contribution >= 4 is 11.8 Å². The number of hydrogen-bond donors (Lipinski definition) is 1. The molecule has 4 heteroatoms. The topological polar surface area (TPSA) is 25.2 Å². The van der Waals surface area contributed by atoms with E-state index >= 15 is 0 Å². The number of thioether (sulfide) groups is 1. The van der Waals surface area contributed by atoms with Crippen LogP contribution in [0.15, 0.2) is 45.7 Å². The van der Waals surface area contributed by atoms with Gasteiger partial charge in [0, 0.05) is 10.9 Å². The molecule has 0 amide bonds. The number of halogens is 1. The molecule has 0 unspecified atom stereocenters. The SMILES string of the molecule is CC(C)NCc1ccc(CSc2ccccc2F)o1. The maximum atomic E-state index is 13.4. The van der Waals surface area contributed by atoms with Crippen LogP contribution >= 0.6 is 11.8 Å². The molecule has 0 aliphatic rings. The van der Waals surface area contributed by atoms with Gasteiger partial charge < -0.3 is 9.73 Å². The van der Waals surface area contributed by atoms with Crippen molar-refractivity contribution in [3.63, 3.8) is 0 Å². The van der Waals surface area contributed by atoms with Crippen LogP contribution < -0.4 is 5.32 Å². The lowest BCUT2D eigenvalue weighted by Crippen LogP contribution is -2.21. The van der Waals surface area contributed by atoms with Gasteiger partial charge in [0.25, 0.3) is 0 Å². The van der Waals surface area contributed by atoms with Crippen LogP contribution in [0.1, 0.15) is 25.4 Å². The monoisotopic (exact) mass is 279 g/mol. The first-order chi connectivity index (χ1) is 9.15. The molecule has 1 aromatic carbocycles. The second-order valence-corrected chi connectivity index (χ2v) is 5.64. The maximum absolute atomic E-state index is 13.4. The highest BCUT2D eigenvalue weighted by atomic mass is 32.2. The molecule has 0 saturated carbocycles. The van der Waals surface area contributed by atoms with E-state index in [2.05, 4.69) is 19.2 Å². The van der Waals surface area contributed by atoms with Crippen molar-refractivity contribution in [3.8, 4) is 0 Å². The summed E-state index contributed by atoms with van der Waals surface area (Å²) >= 11 is 1.45. The lowest BCUT2D eigenvalue weighted by atomic mass is 10.3. The molecule has 2 aromatic rings. The van der Waals surface area contributed by atoms with Gasteiger partial charge in [-0.1, -0.05) is 26.0 Å². The summed E-state index contributed by atoms with van der Waals surface area (Å²) in [5, 5.41) is 3.30. The van der Waals surface area contributed by atoms with Gasteiger partial charge in [-0.2, -0.15) is 0 Å². The Hall–Kier alpha value is -1.26. The molecule has 102 valence electrons. The molecule has 1 heterocycles. The number of rotatable bonds is 6. The lowest BCUT2D eigenvalue weighted by molar-refractivity contribution is 0.445. The first-order valence-electron chi connectivity index (χ1n) is 6.33. The molecule has 0 atom stereocenters. The van der Waals surface area contributed by atoms with Crippen LogP contribution in [0.5, 0.6) is 0 Å². The third-order valence-corrected chi connectivity index (χ3v) is 3.68. The largest absolute Gasteiger partial charge is 0.464 e. The lowest BCUT2D eigenvalue weighted by Gasteiger charge is -2.05. The van der Waals surface area contributed by atoms with Gasteiger partial charge in [-0.3, -0.25) is 0 Å². The zero-order valence-corrected chi connectivity index (χ0v) is 12.0. The highest BCUT2D eigenvalue weighted by Gasteiger charge is 2.06. The molecule has 2 nitrogen and oxygen atoms in total. The Morgan fingerprint density at radius 1 is 1.16 bits per heavy atom. The third-order valence-electron chi connectivity index (χ3n) is 2.61. The average molecular weight is 279 g/mol. The molecular formula is C15H18FNOS. The maximum Gasteiger partial charge on any atom is 0.136 e. The molecule has 1 N–H and O–H groups in total. The van der Waals surface area contributed by atoms with Gasteiger partial charge in [-0.05, 0) is 24.3 Å².